The zero-order chi connectivity index (χ0) is 9.42. The third-order valence-electron chi connectivity index (χ3n) is 2.14. The number of aryl methyl sites for hydroxylation is 1. The second kappa shape index (κ2) is 2.87. The van der Waals surface area contributed by atoms with Crippen LogP contribution in [-0.4, -0.2) is 16.6 Å². The van der Waals surface area contributed by atoms with Gasteiger partial charge in [0.05, 0.1) is 12.4 Å². The van der Waals surface area contributed by atoms with Crippen LogP contribution in [0.3, 0.4) is 0 Å². The molecule has 0 aromatic carbocycles. The largest absolute Gasteiger partial charge is 0.363 e. The molecule has 0 saturated carbocycles. The van der Waals surface area contributed by atoms with E-state index in [1.165, 1.54) is 0 Å². The van der Waals surface area contributed by atoms with Gasteiger partial charge >= 0.3 is 0 Å². The van der Waals surface area contributed by atoms with Crippen LogP contribution in [0, 0.1) is 6.92 Å². The number of nitrogens with one attached hydrogen (secondary N) is 2. The molecule has 0 bridgehead atoms. The molecule has 0 radical (unpaired) electrons. The van der Waals surface area contributed by atoms with E-state index >= 15 is 0 Å². The SMILES string of the molecule is Cc1nc(C(C)C)nc2c1NCN2. The summed E-state index contributed by atoms with van der Waals surface area (Å²) >= 11 is 0. The Balaban J connectivity index is 2.49. The van der Waals surface area contributed by atoms with Crippen LogP contribution in [0.15, 0.2) is 0 Å². The van der Waals surface area contributed by atoms with E-state index in [0.29, 0.717) is 5.92 Å². The molecule has 2 heterocycles. The Morgan fingerprint density at radius 1 is 1.23 bits per heavy atom. The fraction of sp³-hybridized carbons (Fsp3) is 0.556. The van der Waals surface area contributed by atoms with Crippen LogP contribution in [0.4, 0.5) is 11.5 Å². The average molecular weight is 178 g/mol. The van der Waals surface area contributed by atoms with Gasteiger partial charge in [-0.2, -0.15) is 0 Å². The van der Waals surface area contributed by atoms with Gasteiger partial charge < -0.3 is 10.6 Å². The molecule has 4 heteroatoms. The first-order chi connectivity index (χ1) is 6.18. The Kier molecular flexibility index (Phi) is 1.83. The summed E-state index contributed by atoms with van der Waals surface area (Å²) < 4.78 is 0. The Morgan fingerprint density at radius 3 is 2.69 bits per heavy atom. The molecule has 0 aliphatic carbocycles. The van der Waals surface area contributed by atoms with Crippen molar-refractivity contribution in [3.63, 3.8) is 0 Å². The van der Waals surface area contributed by atoms with Crippen molar-refractivity contribution in [3.8, 4) is 0 Å². The van der Waals surface area contributed by atoms with Crippen LogP contribution in [0.25, 0.3) is 0 Å². The standard InChI is InChI=1S/C9H14N4/c1-5(2)8-12-6(3)7-9(13-8)11-4-10-7/h5,10H,4H2,1-3H3,(H,11,12,13). The molecule has 2 rings (SSSR count). The van der Waals surface area contributed by atoms with Crippen LogP contribution < -0.4 is 10.6 Å². The summed E-state index contributed by atoms with van der Waals surface area (Å²) in [5.74, 6) is 2.23. The monoisotopic (exact) mass is 178 g/mol. The van der Waals surface area contributed by atoms with Gasteiger partial charge in [0.1, 0.15) is 11.5 Å². The molecule has 0 unspecified atom stereocenters. The predicted molar refractivity (Wildman–Crippen MR) is 53.0 cm³/mol. The molecular formula is C9H14N4. The fourth-order valence-electron chi connectivity index (χ4n) is 1.41. The van der Waals surface area contributed by atoms with Crippen molar-refractivity contribution in [2.45, 2.75) is 26.7 Å². The lowest BCUT2D eigenvalue weighted by Crippen LogP contribution is -2.01. The normalized spacial score (nSPS) is 13.8. The van der Waals surface area contributed by atoms with E-state index in [-0.39, 0.29) is 0 Å². The second-order valence-corrected chi connectivity index (χ2v) is 3.58. The zero-order valence-corrected chi connectivity index (χ0v) is 8.18. The van der Waals surface area contributed by atoms with Crippen LogP contribution in [0.5, 0.6) is 0 Å². The number of hydrogen-bond donors (Lipinski definition) is 2. The van der Waals surface area contributed by atoms with Crippen molar-refractivity contribution >= 4 is 11.5 Å². The van der Waals surface area contributed by atoms with E-state index in [4.69, 9.17) is 0 Å². The number of fused-ring (bicyclic) bond motifs is 1. The molecule has 1 aliphatic rings. The maximum Gasteiger partial charge on any atom is 0.154 e. The van der Waals surface area contributed by atoms with E-state index in [2.05, 4.69) is 34.4 Å². The summed E-state index contributed by atoms with van der Waals surface area (Å²) in [4.78, 5) is 8.86. The summed E-state index contributed by atoms with van der Waals surface area (Å²) in [6.45, 7) is 6.96. The van der Waals surface area contributed by atoms with Gasteiger partial charge in [0.15, 0.2) is 5.82 Å². The summed E-state index contributed by atoms with van der Waals surface area (Å²) in [6, 6.07) is 0. The summed E-state index contributed by atoms with van der Waals surface area (Å²) in [5.41, 5.74) is 2.07. The highest BCUT2D eigenvalue weighted by Crippen LogP contribution is 2.27. The van der Waals surface area contributed by atoms with E-state index < -0.39 is 0 Å². The first-order valence-electron chi connectivity index (χ1n) is 4.54. The van der Waals surface area contributed by atoms with Gasteiger partial charge in [-0.15, -0.1) is 0 Å². The van der Waals surface area contributed by atoms with E-state index in [9.17, 15) is 0 Å². The molecule has 4 nitrogen and oxygen atoms in total. The number of rotatable bonds is 1. The van der Waals surface area contributed by atoms with Gasteiger partial charge in [-0.3, -0.25) is 0 Å². The molecular weight excluding hydrogens is 164 g/mol. The van der Waals surface area contributed by atoms with Crippen molar-refractivity contribution in [2.24, 2.45) is 0 Å². The quantitative estimate of drug-likeness (QED) is 0.687. The minimum Gasteiger partial charge on any atom is -0.363 e. The van der Waals surface area contributed by atoms with Crippen molar-refractivity contribution in [1.29, 1.82) is 0 Å². The summed E-state index contributed by atoms with van der Waals surface area (Å²) in [7, 11) is 0. The third kappa shape index (κ3) is 1.32. The fourth-order valence-corrected chi connectivity index (χ4v) is 1.41. The minimum atomic E-state index is 0.381. The lowest BCUT2D eigenvalue weighted by atomic mass is 10.2. The topological polar surface area (TPSA) is 49.8 Å². The predicted octanol–water partition coefficient (Wildman–Crippen LogP) is 1.70. The molecule has 2 N–H and O–H groups in total. The molecule has 0 fully saturated rings. The highest BCUT2D eigenvalue weighted by atomic mass is 15.2. The highest BCUT2D eigenvalue weighted by Gasteiger charge is 2.16. The number of hydrogen-bond acceptors (Lipinski definition) is 4. The first kappa shape index (κ1) is 8.29. The van der Waals surface area contributed by atoms with E-state index in [1.807, 2.05) is 6.92 Å². The molecule has 0 amide bonds. The van der Waals surface area contributed by atoms with Gasteiger partial charge in [-0.1, -0.05) is 13.8 Å². The Morgan fingerprint density at radius 2 is 2.00 bits per heavy atom. The smallest absolute Gasteiger partial charge is 0.154 e. The Labute approximate surface area is 77.8 Å². The van der Waals surface area contributed by atoms with Gasteiger partial charge in [0.2, 0.25) is 0 Å². The van der Waals surface area contributed by atoms with Crippen LogP contribution in [0.2, 0.25) is 0 Å². The minimum absolute atomic E-state index is 0.381. The third-order valence-corrected chi connectivity index (χ3v) is 2.14. The van der Waals surface area contributed by atoms with Crippen molar-refractivity contribution in [2.75, 3.05) is 17.3 Å². The van der Waals surface area contributed by atoms with Crippen LogP contribution >= 0.6 is 0 Å². The molecule has 0 spiro atoms. The first-order valence-corrected chi connectivity index (χ1v) is 4.54. The molecule has 0 saturated heterocycles. The summed E-state index contributed by atoms with van der Waals surface area (Å²) in [6.07, 6.45) is 0. The lowest BCUT2D eigenvalue weighted by molar-refractivity contribution is 0.771. The molecule has 70 valence electrons. The summed E-state index contributed by atoms with van der Waals surface area (Å²) in [5, 5.41) is 6.37. The van der Waals surface area contributed by atoms with Crippen LogP contribution in [0.1, 0.15) is 31.3 Å². The van der Waals surface area contributed by atoms with Gasteiger partial charge in [-0.25, -0.2) is 9.97 Å². The lowest BCUT2D eigenvalue weighted by Gasteiger charge is -2.07. The molecule has 1 aromatic heterocycles. The van der Waals surface area contributed by atoms with Gasteiger partial charge in [-0.05, 0) is 6.92 Å². The average Bonchev–Trinajstić information content (AvgIpc) is 2.51. The molecule has 0 atom stereocenters. The van der Waals surface area contributed by atoms with E-state index in [1.54, 1.807) is 0 Å². The number of anilines is 2. The highest BCUT2D eigenvalue weighted by molar-refractivity contribution is 5.71. The Hall–Kier alpha value is -1.32. The van der Waals surface area contributed by atoms with E-state index in [0.717, 1.165) is 29.7 Å². The molecule has 1 aliphatic heterocycles. The zero-order valence-electron chi connectivity index (χ0n) is 8.18. The Bertz CT molecular complexity index is 333. The molecule has 1 aromatic rings. The second-order valence-electron chi connectivity index (χ2n) is 3.58. The maximum absolute atomic E-state index is 4.43. The van der Waals surface area contributed by atoms with Crippen molar-refractivity contribution in [3.05, 3.63) is 11.5 Å². The van der Waals surface area contributed by atoms with Crippen molar-refractivity contribution in [1.82, 2.24) is 9.97 Å². The van der Waals surface area contributed by atoms with Crippen LogP contribution in [-0.2, 0) is 0 Å². The van der Waals surface area contributed by atoms with Gasteiger partial charge in [0.25, 0.3) is 0 Å². The van der Waals surface area contributed by atoms with Gasteiger partial charge in [0, 0.05) is 5.92 Å². The maximum atomic E-state index is 4.43. The number of nitrogens with zero attached hydrogens (tertiary/aromatic N) is 2. The van der Waals surface area contributed by atoms with Crippen molar-refractivity contribution < 1.29 is 0 Å². The number of aromatic nitrogens is 2. The molecule has 13 heavy (non-hydrogen) atoms.